The minimum atomic E-state index is -0.853. The molecule has 3 aromatic carbocycles. The number of carbonyl (C=O) groups excluding carboxylic acids is 1. The van der Waals surface area contributed by atoms with Gasteiger partial charge in [-0.05, 0) is 42.5 Å². The third-order valence-corrected chi connectivity index (χ3v) is 6.88. The van der Waals surface area contributed by atoms with Gasteiger partial charge in [0.1, 0.15) is 5.82 Å². The quantitative estimate of drug-likeness (QED) is 0.404. The standard InChI is InChI=1S/C29H29N3O4/c1-19(16-20-6-4-3-5-7-20)32-25-13-12-22-14-15-31(29(35)36-2)18-24(22)27(25)30-28(32)23-10-8-21(9-11-23)17-26(33)34/h3-13,19H,14-18H2,1-2H3,(H,33,34)/t19-/m0/s1. The largest absolute Gasteiger partial charge is 0.481 e. The second kappa shape index (κ2) is 9.85. The zero-order valence-electron chi connectivity index (χ0n) is 20.5. The number of rotatable bonds is 6. The van der Waals surface area contributed by atoms with Gasteiger partial charge in [-0.2, -0.15) is 0 Å². The van der Waals surface area contributed by atoms with E-state index in [1.165, 1.54) is 18.2 Å². The average molecular weight is 484 g/mol. The lowest BCUT2D eigenvalue weighted by atomic mass is 9.98. The van der Waals surface area contributed by atoms with Gasteiger partial charge in [0, 0.05) is 23.7 Å². The monoisotopic (exact) mass is 483 g/mol. The molecule has 7 nitrogen and oxygen atoms in total. The molecule has 5 rings (SSSR count). The SMILES string of the molecule is COC(=O)N1CCc2ccc3c(nc(-c4ccc(CC(=O)O)cc4)n3[C@@H](C)Cc3ccccc3)c2C1. The Morgan fingerprint density at radius 1 is 1.03 bits per heavy atom. The van der Waals surface area contributed by atoms with Crippen LogP contribution in [0.15, 0.2) is 66.7 Å². The summed E-state index contributed by atoms with van der Waals surface area (Å²) in [4.78, 5) is 30.3. The maximum atomic E-state index is 12.3. The fourth-order valence-corrected chi connectivity index (χ4v) is 5.12. The van der Waals surface area contributed by atoms with Gasteiger partial charge in [-0.15, -0.1) is 0 Å². The van der Waals surface area contributed by atoms with Crippen molar-refractivity contribution in [1.82, 2.24) is 14.5 Å². The second-order valence-electron chi connectivity index (χ2n) is 9.32. The Labute approximate surface area is 210 Å². The van der Waals surface area contributed by atoms with Crippen molar-refractivity contribution in [2.75, 3.05) is 13.7 Å². The van der Waals surface area contributed by atoms with E-state index < -0.39 is 5.97 Å². The molecule has 0 aliphatic carbocycles. The van der Waals surface area contributed by atoms with Crippen molar-refractivity contribution in [1.29, 1.82) is 0 Å². The molecule has 1 aromatic heterocycles. The molecule has 0 bridgehead atoms. The maximum absolute atomic E-state index is 12.3. The first-order chi connectivity index (χ1) is 17.4. The van der Waals surface area contributed by atoms with E-state index in [-0.39, 0.29) is 18.6 Å². The lowest BCUT2D eigenvalue weighted by Gasteiger charge is -2.28. The lowest BCUT2D eigenvalue weighted by Crippen LogP contribution is -2.35. The van der Waals surface area contributed by atoms with E-state index in [1.54, 1.807) is 4.90 Å². The molecule has 0 saturated carbocycles. The number of hydrogen-bond acceptors (Lipinski definition) is 4. The molecule has 7 heteroatoms. The van der Waals surface area contributed by atoms with E-state index >= 15 is 0 Å². The van der Waals surface area contributed by atoms with Gasteiger partial charge >= 0.3 is 12.1 Å². The van der Waals surface area contributed by atoms with Crippen LogP contribution in [0, 0.1) is 0 Å². The Kier molecular flexibility index (Phi) is 6.46. The average Bonchev–Trinajstić information content (AvgIpc) is 3.29. The first-order valence-electron chi connectivity index (χ1n) is 12.1. The van der Waals surface area contributed by atoms with Crippen LogP contribution in [0.5, 0.6) is 0 Å². The molecule has 0 spiro atoms. The van der Waals surface area contributed by atoms with Crippen LogP contribution in [0.2, 0.25) is 0 Å². The normalized spacial score (nSPS) is 13.9. The molecule has 4 aromatic rings. The van der Waals surface area contributed by atoms with Crippen molar-refractivity contribution in [3.63, 3.8) is 0 Å². The fourth-order valence-electron chi connectivity index (χ4n) is 5.12. The van der Waals surface area contributed by atoms with Gasteiger partial charge in [0.05, 0.1) is 31.1 Å². The summed E-state index contributed by atoms with van der Waals surface area (Å²) in [5, 5.41) is 9.14. The van der Waals surface area contributed by atoms with Gasteiger partial charge in [0.25, 0.3) is 0 Å². The summed E-state index contributed by atoms with van der Waals surface area (Å²) in [6.45, 7) is 3.27. The molecule has 0 saturated heterocycles. The Morgan fingerprint density at radius 2 is 1.78 bits per heavy atom. The third-order valence-electron chi connectivity index (χ3n) is 6.88. The second-order valence-corrected chi connectivity index (χ2v) is 9.32. The topological polar surface area (TPSA) is 84.7 Å². The zero-order valence-corrected chi connectivity index (χ0v) is 20.5. The van der Waals surface area contributed by atoms with E-state index in [2.05, 4.69) is 35.8 Å². The number of carboxylic acids is 1. The van der Waals surface area contributed by atoms with Crippen molar-refractivity contribution < 1.29 is 19.4 Å². The molecule has 1 aliphatic rings. The molecular formula is C29H29N3O4. The summed E-state index contributed by atoms with van der Waals surface area (Å²) in [5.74, 6) is -0.0212. The first-order valence-corrected chi connectivity index (χ1v) is 12.1. The minimum Gasteiger partial charge on any atom is -0.481 e. The van der Waals surface area contributed by atoms with Crippen LogP contribution in [0.3, 0.4) is 0 Å². The molecule has 1 aliphatic heterocycles. The highest BCUT2D eigenvalue weighted by atomic mass is 16.5. The zero-order chi connectivity index (χ0) is 25.2. The number of amides is 1. The van der Waals surface area contributed by atoms with Crippen molar-refractivity contribution in [3.8, 4) is 11.4 Å². The number of ether oxygens (including phenoxy) is 1. The molecule has 1 amide bonds. The Balaban J connectivity index is 1.63. The minimum absolute atomic E-state index is 0.0159. The fraction of sp³-hybridized carbons (Fsp3) is 0.276. The number of benzene rings is 3. The third kappa shape index (κ3) is 4.56. The molecule has 0 unspecified atom stereocenters. The molecule has 184 valence electrons. The van der Waals surface area contributed by atoms with Gasteiger partial charge in [0.2, 0.25) is 0 Å². The Morgan fingerprint density at radius 3 is 2.47 bits per heavy atom. The molecule has 2 heterocycles. The summed E-state index contributed by atoms with van der Waals surface area (Å²) in [5.41, 5.74) is 7.08. The summed E-state index contributed by atoms with van der Waals surface area (Å²) >= 11 is 0. The lowest BCUT2D eigenvalue weighted by molar-refractivity contribution is -0.136. The molecular weight excluding hydrogens is 454 g/mol. The predicted octanol–water partition coefficient (Wildman–Crippen LogP) is 5.26. The highest BCUT2D eigenvalue weighted by Gasteiger charge is 2.26. The van der Waals surface area contributed by atoms with Crippen LogP contribution in [0.4, 0.5) is 4.79 Å². The van der Waals surface area contributed by atoms with Crippen LogP contribution >= 0.6 is 0 Å². The number of methoxy groups -OCH3 is 1. The van der Waals surface area contributed by atoms with Crippen LogP contribution in [0.25, 0.3) is 22.4 Å². The van der Waals surface area contributed by atoms with Gasteiger partial charge in [-0.1, -0.05) is 60.7 Å². The molecule has 0 fully saturated rings. The van der Waals surface area contributed by atoms with Crippen LogP contribution in [-0.4, -0.2) is 45.3 Å². The van der Waals surface area contributed by atoms with E-state index in [4.69, 9.17) is 14.8 Å². The van der Waals surface area contributed by atoms with Gasteiger partial charge < -0.3 is 19.3 Å². The van der Waals surface area contributed by atoms with Crippen molar-refractivity contribution in [2.45, 2.75) is 38.8 Å². The van der Waals surface area contributed by atoms with Gasteiger partial charge in [0.15, 0.2) is 0 Å². The summed E-state index contributed by atoms with van der Waals surface area (Å²) in [6.07, 6.45) is 1.25. The number of hydrogen-bond donors (Lipinski definition) is 1. The smallest absolute Gasteiger partial charge is 0.409 e. The van der Waals surface area contributed by atoms with E-state index in [0.717, 1.165) is 46.4 Å². The first kappa shape index (κ1) is 23.6. The molecule has 36 heavy (non-hydrogen) atoms. The van der Waals surface area contributed by atoms with E-state index in [1.807, 2.05) is 42.5 Å². The van der Waals surface area contributed by atoms with Crippen LogP contribution in [-0.2, 0) is 35.3 Å². The van der Waals surface area contributed by atoms with Crippen molar-refractivity contribution >= 4 is 23.1 Å². The van der Waals surface area contributed by atoms with E-state index in [9.17, 15) is 9.59 Å². The Bertz CT molecular complexity index is 1410. The van der Waals surface area contributed by atoms with Crippen molar-refractivity contribution in [2.24, 2.45) is 0 Å². The van der Waals surface area contributed by atoms with Crippen LogP contribution < -0.4 is 0 Å². The summed E-state index contributed by atoms with van der Waals surface area (Å²) < 4.78 is 7.25. The number of carboxylic acid groups (broad SMARTS) is 1. The van der Waals surface area contributed by atoms with Gasteiger partial charge in [-0.3, -0.25) is 4.79 Å². The van der Waals surface area contributed by atoms with E-state index in [0.29, 0.717) is 13.1 Å². The predicted molar refractivity (Wildman–Crippen MR) is 138 cm³/mol. The number of aromatic nitrogens is 2. The number of imidazole rings is 1. The number of carbonyl (C=O) groups is 2. The highest BCUT2D eigenvalue weighted by Crippen LogP contribution is 2.35. The summed E-state index contributed by atoms with van der Waals surface area (Å²) in [7, 11) is 1.41. The highest BCUT2D eigenvalue weighted by molar-refractivity contribution is 5.86. The van der Waals surface area contributed by atoms with Crippen molar-refractivity contribution in [3.05, 3.63) is 89.0 Å². The molecule has 1 atom stereocenters. The number of aliphatic carboxylic acids is 1. The number of nitrogens with zero attached hydrogens (tertiary/aromatic N) is 3. The summed E-state index contributed by atoms with van der Waals surface area (Å²) in [6, 6.07) is 22.4. The molecule has 1 N–H and O–H groups in total. The Hall–Kier alpha value is -4.13. The van der Waals surface area contributed by atoms with Crippen LogP contribution in [0.1, 0.15) is 35.2 Å². The molecule has 0 radical (unpaired) electrons. The number of fused-ring (bicyclic) bond motifs is 3. The maximum Gasteiger partial charge on any atom is 0.409 e. The van der Waals surface area contributed by atoms with Gasteiger partial charge in [-0.25, -0.2) is 9.78 Å².